The molecule has 0 spiro atoms. The number of aliphatic hydroxyl groups is 2. The van der Waals surface area contributed by atoms with Crippen molar-refractivity contribution in [3.63, 3.8) is 0 Å². The minimum Gasteiger partial charge on any atom is -0.493 e. The van der Waals surface area contributed by atoms with Crippen molar-refractivity contribution < 1.29 is 34.0 Å². The molecule has 0 atom stereocenters. The number of carbonyl (C=O) groups excluding carboxylic acids is 2. The maximum atomic E-state index is 12.4. The molecule has 4 rings (SSSR count). The van der Waals surface area contributed by atoms with Crippen LogP contribution in [-0.2, 0) is 31.9 Å². The monoisotopic (exact) mass is 821 g/mol. The minimum absolute atomic E-state index is 0.0694. The summed E-state index contributed by atoms with van der Waals surface area (Å²) in [5.41, 5.74) is 3.33. The van der Waals surface area contributed by atoms with Crippen LogP contribution in [-0.4, -0.2) is 55.2 Å². The van der Waals surface area contributed by atoms with Crippen molar-refractivity contribution in [2.75, 3.05) is 33.0 Å². The van der Waals surface area contributed by atoms with Gasteiger partial charge in [-0.15, -0.1) is 0 Å². The Kier molecular flexibility index (Phi) is 20.0. The summed E-state index contributed by atoms with van der Waals surface area (Å²) in [6, 6.07) is 4.51. The average molecular weight is 821 g/mol. The molecule has 0 radical (unpaired) electrons. The molecule has 0 aliphatic heterocycles. The van der Waals surface area contributed by atoms with Crippen LogP contribution < -0.4 is 4.74 Å². The van der Waals surface area contributed by atoms with Crippen LogP contribution in [0.4, 0.5) is 0 Å². The molecule has 1 aromatic rings. The molecule has 3 saturated carbocycles. The number of carbonyl (C=O) groups is 2. The average Bonchev–Trinajstić information content (AvgIpc) is 3.22. The number of hydrogen-bond donors (Lipinski definition) is 2. The van der Waals surface area contributed by atoms with Crippen molar-refractivity contribution in [3.05, 3.63) is 53.1 Å². The van der Waals surface area contributed by atoms with E-state index in [0.717, 1.165) is 60.0 Å². The molecular formula is C52H84O7. The highest BCUT2D eigenvalue weighted by Gasteiger charge is 2.36. The van der Waals surface area contributed by atoms with Gasteiger partial charge in [0, 0.05) is 29.4 Å². The van der Waals surface area contributed by atoms with Crippen LogP contribution in [0.15, 0.2) is 36.4 Å². The second kappa shape index (κ2) is 24.1. The third-order valence-corrected chi connectivity index (χ3v) is 14.6. The van der Waals surface area contributed by atoms with Crippen LogP contribution >= 0.6 is 0 Å². The van der Waals surface area contributed by atoms with Gasteiger partial charge in [-0.05, 0) is 155 Å². The molecule has 59 heavy (non-hydrogen) atoms. The fourth-order valence-corrected chi connectivity index (χ4v) is 10.5. The summed E-state index contributed by atoms with van der Waals surface area (Å²) < 4.78 is 17.8. The van der Waals surface area contributed by atoms with E-state index in [1.165, 1.54) is 95.5 Å². The first kappa shape index (κ1) is 49.0. The van der Waals surface area contributed by atoms with Gasteiger partial charge in [-0.25, -0.2) is 9.59 Å². The van der Waals surface area contributed by atoms with Crippen LogP contribution in [0.1, 0.15) is 186 Å². The molecule has 3 aliphatic rings. The van der Waals surface area contributed by atoms with Crippen molar-refractivity contribution >= 4 is 11.9 Å². The number of esters is 2. The van der Waals surface area contributed by atoms with Gasteiger partial charge in [-0.1, -0.05) is 91.5 Å². The van der Waals surface area contributed by atoms with Crippen LogP contribution in [0.25, 0.3) is 0 Å². The minimum atomic E-state index is -0.660. The highest BCUT2D eigenvalue weighted by molar-refractivity contribution is 5.87. The van der Waals surface area contributed by atoms with Gasteiger partial charge in [0.15, 0.2) is 0 Å². The SMILES string of the molecule is C=C(C)C(=O)OCCc1cc(C2CCC(C3CCC(C4CCC(CCCCC)CC4)CC3)CC2)cc(CCOC(=O)C(=C)C)c1OCCC(CO)(CO)CCC(C)(C)C. The molecule has 2 N–H and O–H groups in total. The van der Waals surface area contributed by atoms with Crippen LogP contribution in [0.3, 0.4) is 0 Å². The van der Waals surface area contributed by atoms with Crippen LogP contribution in [0.5, 0.6) is 5.75 Å². The molecule has 0 saturated heterocycles. The van der Waals surface area contributed by atoms with E-state index in [4.69, 9.17) is 14.2 Å². The first-order valence-corrected chi connectivity index (χ1v) is 23.8. The zero-order chi connectivity index (χ0) is 43.0. The van der Waals surface area contributed by atoms with E-state index in [2.05, 4.69) is 53.0 Å². The van der Waals surface area contributed by atoms with E-state index in [9.17, 15) is 19.8 Å². The number of benzene rings is 1. The Bertz CT molecular complexity index is 1410. The first-order valence-electron chi connectivity index (χ1n) is 23.8. The molecule has 3 fully saturated rings. The summed E-state index contributed by atoms with van der Waals surface area (Å²) in [7, 11) is 0. The van der Waals surface area contributed by atoms with Crippen molar-refractivity contribution in [2.24, 2.45) is 40.4 Å². The van der Waals surface area contributed by atoms with Gasteiger partial charge in [0.25, 0.3) is 0 Å². The Morgan fingerprint density at radius 2 is 1.12 bits per heavy atom. The summed E-state index contributed by atoms with van der Waals surface area (Å²) in [4.78, 5) is 24.8. The lowest BCUT2D eigenvalue weighted by Gasteiger charge is -2.41. The molecule has 7 nitrogen and oxygen atoms in total. The van der Waals surface area contributed by atoms with Crippen molar-refractivity contribution in [1.29, 1.82) is 0 Å². The molecule has 0 unspecified atom stereocenters. The Labute approximate surface area is 359 Å². The van der Waals surface area contributed by atoms with Gasteiger partial charge in [0.05, 0.1) is 33.0 Å². The highest BCUT2D eigenvalue weighted by atomic mass is 16.5. The number of aliphatic hydroxyl groups excluding tert-OH is 2. The van der Waals surface area contributed by atoms with E-state index < -0.39 is 17.4 Å². The van der Waals surface area contributed by atoms with Crippen LogP contribution in [0, 0.1) is 40.4 Å². The summed E-state index contributed by atoms with van der Waals surface area (Å²) in [6.07, 6.45) is 25.0. The van der Waals surface area contributed by atoms with E-state index in [0.29, 0.717) is 55.1 Å². The fourth-order valence-electron chi connectivity index (χ4n) is 10.5. The Balaban J connectivity index is 1.46. The third kappa shape index (κ3) is 15.6. The molecule has 0 amide bonds. The van der Waals surface area contributed by atoms with E-state index in [-0.39, 0.29) is 31.8 Å². The molecule has 0 heterocycles. The normalized spacial score (nSPS) is 24.0. The quantitative estimate of drug-likeness (QED) is 0.0644. The van der Waals surface area contributed by atoms with Crippen LogP contribution in [0.2, 0.25) is 0 Å². The second-order valence-electron chi connectivity index (χ2n) is 20.5. The second-order valence-corrected chi connectivity index (χ2v) is 20.5. The summed E-state index contributed by atoms with van der Waals surface area (Å²) in [5.74, 6) is 4.89. The maximum Gasteiger partial charge on any atom is 0.333 e. The summed E-state index contributed by atoms with van der Waals surface area (Å²) >= 11 is 0. The Morgan fingerprint density at radius 3 is 1.54 bits per heavy atom. The third-order valence-electron chi connectivity index (χ3n) is 14.6. The van der Waals surface area contributed by atoms with Gasteiger partial charge in [-0.3, -0.25) is 0 Å². The largest absolute Gasteiger partial charge is 0.493 e. The predicted molar refractivity (Wildman–Crippen MR) is 241 cm³/mol. The molecule has 0 aromatic heterocycles. The summed E-state index contributed by atoms with van der Waals surface area (Å²) in [5, 5.41) is 20.9. The van der Waals surface area contributed by atoms with Crippen molar-refractivity contribution in [2.45, 2.75) is 182 Å². The van der Waals surface area contributed by atoms with Gasteiger partial charge in [0.1, 0.15) is 5.75 Å². The smallest absolute Gasteiger partial charge is 0.333 e. The lowest BCUT2D eigenvalue weighted by atomic mass is 9.64. The molecule has 3 aliphatic carbocycles. The topological polar surface area (TPSA) is 102 Å². The standard InChI is InChI=1S/C52H84O7/c1-9-10-11-12-39-13-15-40(16-14-39)41-17-19-42(20-18-41)43-21-23-44(24-22-43)47-33-45(25-30-58-49(55)37(2)3)48(46(34-47)26-31-59-50(56)38(4)5)57-32-29-52(35-53,36-54)28-27-51(6,7)8/h33-34,39-44,53-54H,2,4,9-32,35-36H2,1,3,5-8H3. The van der Waals surface area contributed by atoms with Gasteiger partial charge >= 0.3 is 11.9 Å². The highest BCUT2D eigenvalue weighted by Crippen LogP contribution is 2.48. The maximum absolute atomic E-state index is 12.4. The lowest BCUT2D eigenvalue weighted by molar-refractivity contribution is -0.139. The zero-order valence-electron chi connectivity index (χ0n) is 38.4. The van der Waals surface area contributed by atoms with Gasteiger partial charge in [-0.2, -0.15) is 0 Å². The van der Waals surface area contributed by atoms with E-state index in [1.807, 2.05) is 0 Å². The Morgan fingerprint density at radius 1 is 0.661 bits per heavy atom. The Hall–Kier alpha value is -2.64. The molecule has 0 bridgehead atoms. The number of ether oxygens (including phenoxy) is 3. The van der Waals surface area contributed by atoms with Crippen molar-refractivity contribution in [1.82, 2.24) is 0 Å². The van der Waals surface area contributed by atoms with Gasteiger partial charge < -0.3 is 24.4 Å². The molecule has 7 heteroatoms. The van der Waals surface area contributed by atoms with E-state index >= 15 is 0 Å². The lowest BCUT2D eigenvalue weighted by Crippen LogP contribution is -2.33. The first-order chi connectivity index (χ1) is 28.2. The number of hydrogen-bond acceptors (Lipinski definition) is 7. The summed E-state index contributed by atoms with van der Waals surface area (Å²) in [6.45, 7) is 20.0. The molecule has 1 aromatic carbocycles. The van der Waals surface area contributed by atoms with Crippen molar-refractivity contribution in [3.8, 4) is 5.75 Å². The van der Waals surface area contributed by atoms with Gasteiger partial charge in [0.2, 0.25) is 0 Å². The number of unbranched alkanes of at least 4 members (excludes halogenated alkanes) is 2. The zero-order valence-corrected chi connectivity index (χ0v) is 38.4. The molecule has 334 valence electrons. The fraction of sp³-hybridized carbons (Fsp3) is 0.769. The van der Waals surface area contributed by atoms with E-state index in [1.54, 1.807) is 13.8 Å². The number of rotatable bonds is 23. The predicted octanol–water partition coefficient (Wildman–Crippen LogP) is 12.0. The molecular weight excluding hydrogens is 737 g/mol.